The van der Waals surface area contributed by atoms with E-state index in [-0.39, 0.29) is 6.04 Å². The second-order valence-corrected chi connectivity index (χ2v) is 6.10. The van der Waals surface area contributed by atoms with Gasteiger partial charge in [0.25, 0.3) is 0 Å². The number of likely N-dealkylation sites (N-methyl/N-ethyl adjacent to an activating group) is 1. The Morgan fingerprint density at radius 3 is 2.14 bits per heavy atom. The summed E-state index contributed by atoms with van der Waals surface area (Å²) in [6.07, 6.45) is 0. The SMILES string of the molecule is Cc1cc(C)c(C(N)CN(C)Cc2ccccc2)c(C)c1. The largest absolute Gasteiger partial charge is 0.323 e. The smallest absolute Gasteiger partial charge is 0.0429 e. The monoisotopic (exact) mass is 282 g/mol. The Bertz CT molecular complexity index is 567. The second kappa shape index (κ2) is 6.88. The summed E-state index contributed by atoms with van der Waals surface area (Å²) in [5.41, 5.74) is 13.0. The number of hydrogen-bond donors (Lipinski definition) is 1. The molecule has 0 amide bonds. The Hall–Kier alpha value is -1.64. The topological polar surface area (TPSA) is 29.3 Å². The van der Waals surface area contributed by atoms with Gasteiger partial charge in [-0.25, -0.2) is 0 Å². The summed E-state index contributed by atoms with van der Waals surface area (Å²) in [6.45, 7) is 8.24. The van der Waals surface area contributed by atoms with E-state index in [4.69, 9.17) is 5.73 Å². The summed E-state index contributed by atoms with van der Waals surface area (Å²) in [5.74, 6) is 0. The lowest BCUT2D eigenvalue weighted by molar-refractivity contribution is 0.304. The van der Waals surface area contributed by atoms with Crippen LogP contribution in [0.1, 0.15) is 33.9 Å². The highest BCUT2D eigenvalue weighted by molar-refractivity contribution is 5.39. The van der Waals surface area contributed by atoms with E-state index in [0.717, 1.165) is 13.1 Å². The molecule has 0 aromatic heterocycles. The number of hydrogen-bond acceptors (Lipinski definition) is 2. The van der Waals surface area contributed by atoms with Crippen molar-refractivity contribution in [2.45, 2.75) is 33.4 Å². The van der Waals surface area contributed by atoms with Crippen LogP contribution in [0.15, 0.2) is 42.5 Å². The van der Waals surface area contributed by atoms with Gasteiger partial charge in [0.2, 0.25) is 0 Å². The lowest BCUT2D eigenvalue weighted by Gasteiger charge is -2.24. The van der Waals surface area contributed by atoms with E-state index in [1.165, 1.54) is 27.8 Å². The minimum atomic E-state index is 0.0549. The zero-order chi connectivity index (χ0) is 15.4. The van der Waals surface area contributed by atoms with Gasteiger partial charge in [-0.1, -0.05) is 48.0 Å². The molecule has 0 fully saturated rings. The van der Waals surface area contributed by atoms with E-state index >= 15 is 0 Å². The molecule has 2 rings (SSSR count). The Morgan fingerprint density at radius 2 is 1.57 bits per heavy atom. The molecule has 112 valence electrons. The highest BCUT2D eigenvalue weighted by atomic mass is 15.1. The molecular weight excluding hydrogens is 256 g/mol. The minimum absolute atomic E-state index is 0.0549. The van der Waals surface area contributed by atoms with E-state index in [1.807, 2.05) is 6.07 Å². The molecule has 2 aromatic rings. The van der Waals surface area contributed by atoms with Gasteiger partial charge < -0.3 is 10.6 Å². The summed E-state index contributed by atoms with van der Waals surface area (Å²) >= 11 is 0. The average Bonchev–Trinajstić information content (AvgIpc) is 2.38. The summed E-state index contributed by atoms with van der Waals surface area (Å²) < 4.78 is 0. The van der Waals surface area contributed by atoms with Crippen LogP contribution in [0, 0.1) is 20.8 Å². The third-order valence-corrected chi connectivity index (χ3v) is 3.91. The standard InChI is InChI=1S/C19H26N2/c1-14-10-15(2)19(16(3)11-14)18(20)13-21(4)12-17-8-6-5-7-9-17/h5-11,18H,12-13,20H2,1-4H3. The predicted octanol–water partition coefficient (Wildman–Crippen LogP) is 3.74. The molecule has 21 heavy (non-hydrogen) atoms. The van der Waals surface area contributed by atoms with E-state index in [2.05, 4.69) is 69.1 Å². The van der Waals surface area contributed by atoms with Crippen LogP contribution in [-0.2, 0) is 6.54 Å². The molecule has 0 radical (unpaired) electrons. The molecule has 1 unspecified atom stereocenters. The quantitative estimate of drug-likeness (QED) is 0.905. The number of nitrogens with zero attached hydrogens (tertiary/aromatic N) is 1. The first-order chi connectivity index (χ1) is 9.97. The van der Waals surface area contributed by atoms with Gasteiger partial charge in [0, 0.05) is 19.1 Å². The van der Waals surface area contributed by atoms with Crippen molar-refractivity contribution in [1.82, 2.24) is 4.90 Å². The predicted molar refractivity (Wildman–Crippen MR) is 90.4 cm³/mol. The van der Waals surface area contributed by atoms with Crippen molar-refractivity contribution in [2.24, 2.45) is 5.73 Å². The van der Waals surface area contributed by atoms with Crippen molar-refractivity contribution in [1.29, 1.82) is 0 Å². The van der Waals surface area contributed by atoms with Gasteiger partial charge in [0.15, 0.2) is 0 Å². The average molecular weight is 282 g/mol. The van der Waals surface area contributed by atoms with Crippen molar-refractivity contribution in [3.05, 3.63) is 70.3 Å². The molecule has 2 heteroatoms. The lowest BCUT2D eigenvalue weighted by Crippen LogP contribution is -2.29. The molecule has 0 aliphatic carbocycles. The van der Waals surface area contributed by atoms with Crippen LogP contribution in [0.3, 0.4) is 0 Å². The van der Waals surface area contributed by atoms with Crippen molar-refractivity contribution in [2.75, 3.05) is 13.6 Å². The van der Waals surface area contributed by atoms with Crippen LogP contribution < -0.4 is 5.73 Å². The fourth-order valence-electron chi connectivity index (χ4n) is 3.16. The van der Waals surface area contributed by atoms with Crippen LogP contribution in [0.2, 0.25) is 0 Å². The van der Waals surface area contributed by atoms with Crippen LogP contribution in [0.4, 0.5) is 0 Å². The molecule has 0 saturated carbocycles. The fraction of sp³-hybridized carbons (Fsp3) is 0.368. The third kappa shape index (κ3) is 4.16. The minimum Gasteiger partial charge on any atom is -0.323 e. The van der Waals surface area contributed by atoms with Gasteiger partial charge in [-0.15, -0.1) is 0 Å². The highest BCUT2D eigenvalue weighted by Gasteiger charge is 2.14. The summed E-state index contributed by atoms with van der Waals surface area (Å²) in [7, 11) is 2.13. The molecular formula is C19H26N2. The van der Waals surface area contributed by atoms with Crippen molar-refractivity contribution in [3.8, 4) is 0 Å². The van der Waals surface area contributed by atoms with Crippen LogP contribution in [-0.4, -0.2) is 18.5 Å². The first kappa shape index (κ1) is 15.7. The number of aryl methyl sites for hydroxylation is 3. The maximum Gasteiger partial charge on any atom is 0.0429 e. The summed E-state index contributed by atoms with van der Waals surface area (Å²) in [5, 5.41) is 0. The number of benzene rings is 2. The van der Waals surface area contributed by atoms with Gasteiger partial charge >= 0.3 is 0 Å². The first-order valence-electron chi connectivity index (χ1n) is 7.53. The Labute approximate surface area is 128 Å². The molecule has 0 saturated heterocycles. The maximum absolute atomic E-state index is 6.46. The van der Waals surface area contributed by atoms with Crippen LogP contribution in [0.5, 0.6) is 0 Å². The maximum atomic E-state index is 6.46. The van der Waals surface area contributed by atoms with Crippen LogP contribution in [0.25, 0.3) is 0 Å². The normalized spacial score (nSPS) is 12.7. The summed E-state index contributed by atoms with van der Waals surface area (Å²) in [6, 6.07) is 15.0. The Balaban J connectivity index is 2.06. The Morgan fingerprint density at radius 1 is 1.00 bits per heavy atom. The van der Waals surface area contributed by atoms with Gasteiger partial charge in [-0.3, -0.25) is 0 Å². The van der Waals surface area contributed by atoms with Crippen LogP contribution >= 0.6 is 0 Å². The van der Waals surface area contributed by atoms with E-state index in [9.17, 15) is 0 Å². The molecule has 2 aromatic carbocycles. The second-order valence-electron chi connectivity index (χ2n) is 6.10. The van der Waals surface area contributed by atoms with E-state index < -0.39 is 0 Å². The van der Waals surface area contributed by atoms with Crippen molar-refractivity contribution >= 4 is 0 Å². The number of rotatable bonds is 5. The van der Waals surface area contributed by atoms with Crippen molar-refractivity contribution < 1.29 is 0 Å². The molecule has 0 heterocycles. The zero-order valence-corrected chi connectivity index (χ0v) is 13.6. The third-order valence-electron chi connectivity index (χ3n) is 3.91. The molecule has 2 N–H and O–H groups in total. The van der Waals surface area contributed by atoms with Gasteiger partial charge in [-0.2, -0.15) is 0 Å². The van der Waals surface area contributed by atoms with Gasteiger partial charge in [0.05, 0.1) is 0 Å². The Kier molecular flexibility index (Phi) is 5.16. The van der Waals surface area contributed by atoms with Gasteiger partial charge in [-0.05, 0) is 50.1 Å². The van der Waals surface area contributed by atoms with E-state index in [0.29, 0.717) is 0 Å². The zero-order valence-electron chi connectivity index (χ0n) is 13.6. The summed E-state index contributed by atoms with van der Waals surface area (Å²) in [4.78, 5) is 2.29. The lowest BCUT2D eigenvalue weighted by atomic mass is 9.94. The van der Waals surface area contributed by atoms with E-state index in [1.54, 1.807) is 0 Å². The molecule has 0 bridgehead atoms. The fourth-order valence-corrected chi connectivity index (χ4v) is 3.16. The first-order valence-corrected chi connectivity index (χ1v) is 7.53. The molecule has 2 nitrogen and oxygen atoms in total. The molecule has 0 aliphatic rings. The van der Waals surface area contributed by atoms with Crippen molar-refractivity contribution in [3.63, 3.8) is 0 Å². The highest BCUT2D eigenvalue weighted by Crippen LogP contribution is 2.23. The van der Waals surface area contributed by atoms with Gasteiger partial charge in [0.1, 0.15) is 0 Å². The number of nitrogens with two attached hydrogens (primary N) is 1. The molecule has 0 spiro atoms. The molecule has 0 aliphatic heterocycles. The molecule has 1 atom stereocenters.